The van der Waals surface area contributed by atoms with Crippen LogP contribution in [0.5, 0.6) is 0 Å². The summed E-state index contributed by atoms with van der Waals surface area (Å²) in [5.41, 5.74) is 3.16. The Morgan fingerprint density at radius 1 is 1.19 bits per heavy atom. The zero-order valence-electron chi connectivity index (χ0n) is 14.9. The molecule has 2 bridgehead atoms. The van der Waals surface area contributed by atoms with E-state index in [-0.39, 0.29) is 0 Å². The van der Waals surface area contributed by atoms with Crippen molar-refractivity contribution in [1.29, 1.82) is 0 Å². The molecule has 1 aromatic carbocycles. The molecule has 26 heavy (non-hydrogen) atoms. The fourth-order valence-electron chi connectivity index (χ4n) is 4.67. The average Bonchev–Trinajstić information content (AvgIpc) is 3.10. The predicted molar refractivity (Wildman–Crippen MR) is 103 cm³/mol. The Bertz CT molecular complexity index is 810. The average molecular weight is 392 g/mol. The Labute approximate surface area is 164 Å². The van der Waals surface area contributed by atoms with Crippen LogP contribution in [0.15, 0.2) is 24.4 Å². The van der Waals surface area contributed by atoms with E-state index in [0.717, 1.165) is 24.3 Å². The van der Waals surface area contributed by atoms with Crippen LogP contribution < -0.4 is 0 Å². The monoisotopic (exact) mass is 391 g/mol. The second-order valence-corrected chi connectivity index (χ2v) is 8.79. The molecule has 0 amide bonds. The maximum Gasteiger partial charge on any atom is 0.102 e. The number of hydrogen-bond donors (Lipinski definition) is 0. The highest BCUT2D eigenvalue weighted by Gasteiger charge is 2.43. The van der Waals surface area contributed by atoms with E-state index in [1.54, 1.807) is 0 Å². The van der Waals surface area contributed by atoms with Crippen LogP contribution in [0.2, 0.25) is 10.0 Å². The molecule has 2 heterocycles. The van der Waals surface area contributed by atoms with E-state index in [9.17, 15) is 0 Å². The molecule has 138 valence electrons. The van der Waals surface area contributed by atoms with Crippen molar-refractivity contribution in [1.82, 2.24) is 14.7 Å². The number of piperidine rings is 1. The summed E-state index contributed by atoms with van der Waals surface area (Å²) in [7, 11) is 2.22. The van der Waals surface area contributed by atoms with Crippen molar-refractivity contribution in [2.75, 3.05) is 13.6 Å². The van der Waals surface area contributed by atoms with Gasteiger partial charge >= 0.3 is 0 Å². The van der Waals surface area contributed by atoms with Crippen LogP contribution in [-0.4, -0.2) is 40.4 Å². The molecule has 3 aliphatic rings. The van der Waals surface area contributed by atoms with Gasteiger partial charge in [0.1, 0.15) is 5.69 Å². The van der Waals surface area contributed by atoms with Gasteiger partial charge in [0.15, 0.2) is 0 Å². The summed E-state index contributed by atoms with van der Waals surface area (Å²) >= 11 is 12.9. The fourth-order valence-corrected chi connectivity index (χ4v) is 5.23. The summed E-state index contributed by atoms with van der Waals surface area (Å²) in [5, 5.41) is 5.87. The second-order valence-electron chi connectivity index (χ2n) is 7.98. The summed E-state index contributed by atoms with van der Waals surface area (Å²) in [6, 6.07) is 6.27. The van der Waals surface area contributed by atoms with Crippen LogP contribution in [0.1, 0.15) is 42.9 Å². The van der Waals surface area contributed by atoms with Crippen molar-refractivity contribution < 1.29 is 4.74 Å². The maximum absolute atomic E-state index is 6.44. The van der Waals surface area contributed by atoms with Crippen molar-refractivity contribution in [3.05, 3.63) is 45.7 Å². The first-order valence-electron chi connectivity index (χ1n) is 9.45. The molecular weight excluding hydrogens is 369 g/mol. The third-order valence-corrected chi connectivity index (χ3v) is 6.86. The van der Waals surface area contributed by atoms with E-state index in [1.165, 1.54) is 24.8 Å². The van der Waals surface area contributed by atoms with E-state index in [1.807, 2.05) is 29.1 Å². The van der Waals surface area contributed by atoms with Crippen molar-refractivity contribution >= 4 is 23.2 Å². The van der Waals surface area contributed by atoms with E-state index in [0.29, 0.717) is 40.6 Å². The molecule has 2 saturated carbocycles. The molecule has 1 aliphatic heterocycles. The number of hydrogen-bond acceptors (Lipinski definition) is 3. The molecule has 1 saturated heterocycles. The van der Waals surface area contributed by atoms with E-state index >= 15 is 0 Å². The molecular formula is C20H23Cl2N3O. The molecule has 0 radical (unpaired) electrons. The molecule has 0 spiro atoms. The van der Waals surface area contributed by atoms with Crippen LogP contribution in [0, 0.1) is 5.92 Å². The molecule has 2 aliphatic carbocycles. The Hall–Kier alpha value is -1.07. The number of rotatable bonds is 5. The second kappa shape index (κ2) is 6.52. The third-order valence-electron chi connectivity index (χ3n) is 6.25. The standard InChI is InChI=1S/C20H23Cl2N3O/c1-24-10-13-7-14(24)8-19(13)26-11-18-15(12-5-6-12)9-23-25(18)20-16(21)3-2-4-17(20)22/h2-4,9,12-14,19H,5-8,10-11H2,1H3/t13-,14-,19+/m0/s1. The Kier molecular flexibility index (Phi) is 4.28. The molecule has 1 aromatic heterocycles. The summed E-state index contributed by atoms with van der Waals surface area (Å²) in [6.07, 6.45) is 7.20. The first-order valence-corrected chi connectivity index (χ1v) is 10.2. The van der Waals surface area contributed by atoms with Crippen molar-refractivity contribution in [3.8, 4) is 5.69 Å². The van der Waals surface area contributed by atoms with Gasteiger partial charge in [-0.1, -0.05) is 29.3 Å². The Morgan fingerprint density at radius 3 is 2.58 bits per heavy atom. The molecule has 0 unspecified atom stereocenters. The van der Waals surface area contributed by atoms with Gasteiger partial charge in [0.25, 0.3) is 0 Å². The van der Waals surface area contributed by atoms with Gasteiger partial charge in [0.05, 0.1) is 34.6 Å². The number of nitrogens with zero attached hydrogens (tertiary/aromatic N) is 3. The Balaban J connectivity index is 1.43. The zero-order valence-corrected chi connectivity index (χ0v) is 16.4. The van der Waals surface area contributed by atoms with E-state index in [4.69, 9.17) is 27.9 Å². The SMILES string of the molecule is CN1C[C@@H]2C[C@H]1C[C@H]2OCc1c(C2CC2)cnn1-c1c(Cl)cccc1Cl. The van der Waals surface area contributed by atoms with E-state index < -0.39 is 0 Å². The number of halogens is 2. The van der Waals surface area contributed by atoms with Gasteiger partial charge in [0.2, 0.25) is 0 Å². The first-order chi connectivity index (χ1) is 12.6. The van der Waals surface area contributed by atoms with Gasteiger partial charge in [-0.05, 0) is 62.3 Å². The highest BCUT2D eigenvalue weighted by molar-refractivity contribution is 6.37. The quantitative estimate of drug-likeness (QED) is 0.741. The number of ether oxygens (including phenoxy) is 1. The van der Waals surface area contributed by atoms with Crippen LogP contribution in [-0.2, 0) is 11.3 Å². The van der Waals surface area contributed by atoms with Crippen LogP contribution in [0.4, 0.5) is 0 Å². The number of likely N-dealkylation sites (tertiary alicyclic amines) is 1. The summed E-state index contributed by atoms with van der Waals surface area (Å²) in [6.45, 7) is 1.73. The largest absolute Gasteiger partial charge is 0.372 e. The first kappa shape index (κ1) is 17.1. The van der Waals surface area contributed by atoms with Gasteiger partial charge < -0.3 is 9.64 Å². The number of aromatic nitrogens is 2. The maximum atomic E-state index is 6.44. The minimum absolute atomic E-state index is 0.355. The number of benzene rings is 1. The number of fused-ring (bicyclic) bond motifs is 2. The van der Waals surface area contributed by atoms with Gasteiger partial charge in [-0.3, -0.25) is 0 Å². The molecule has 3 fully saturated rings. The predicted octanol–water partition coefficient (Wildman–Crippen LogP) is 4.67. The fraction of sp³-hybridized carbons (Fsp3) is 0.550. The summed E-state index contributed by atoms with van der Waals surface area (Å²) in [5.74, 6) is 1.27. The summed E-state index contributed by atoms with van der Waals surface area (Å²) < 4.78 is 8.32. The minimum Gasteiger partial charge on any atom is -0.372 e. The summed E-state index contributed by atoms with van der Waals surface area (Å²) in [4.78, 5) is 2.47. The molecule has 0 N–H and O–H groups in total. The molecule has 2 aromatic rings. The lowest BCUT2D eigenvalue weighted by atomic mass is 10.1. The highest BCUT2D eigenvalue weighted by atomic mass is 35.5. The van der Waals surface area contributed by atoms with Gasteiger partial charge in [0, 0.05) is 12.6 Å². The molecule has 6 heteroatoms. The highest BCUT2D eigenvalue weighted by Crippen LogP contribution is 2.44. The van der Waals surface area contributed by atoms with Crippen molar-refractivity contribution in [3.63, 3.8) is 0 Å². The lowest BCUT2D eigenvalue weighted by Gasteiger charge is -2.28. The molecule has 4 nitrogen and oxygen atoms in total. The minimum atomic E-state index is 0.355. The number of para-hydroxylation sites is 1. The van der Waals surface area contributed by atoms with Crippen LogP contribution >= 0.6 is 23.2 Å². The van der Waals surface area contributed by atoms with Crippen molar-refractivity contribution in [2.45, 2.75) is 50.4 Å². The third kappa shape index (κ3) is 2.88. The zero-order chi connectivity index (χ0) is 17.8. The lowest BCUT2D eigenvalue weighted by Crippen LogP contribution is -2.35. The molecule has 3 atom stereocenters. The molecule has 5 rings (SSSR count). The Morgan fingerprint density at radius 2 is 1.96 bits per heavy atom. The van der Waals surface area contributed by atoms with Gasteiger partial charge in [-0.2, -0.15) is 5.10 Å². The van der Waals surface area contributed by atoms with Gasteiger partial charge in [-0.25, -0.2) is 4.68 Å². The van der Waals surface area contributed by atoms with E-state index in [2.05, 4.69) is 17.0 Å². The van der Waals surface area contributed by atoms with Crippen molar-refractivity contribution in [2.24, 2.45) is 5.92 Å². The van der Waals surface area contributed by atoms with Crippen LogP contribution in [0.3, 0.4) is 0 Å². The lowest BCUT2D eigenvalue weighted by molar-refractivity contribution is -0.00864. The smallest absolute Gasteiger partial charge is 0.102 e. The van der Waals surface area contributed by atoms with Crippen LogP contribution in [0.25, 0.3) is 5.69 Å². The normalized spacial score (nSPS) is 28.2. The van der Waals surface area contributed by atoms with Gasteiger partial charge in [-0.15, -0.1) is 0 Å². The topological polar surface area (TPSA) is 30.3 Å².